The third-order valence-electron chi connectivity index (χ3n) is 6.65. The van der Waals surface area contributed by atoms with Gasteiger partial charge >= 0.3 is 0 Å². The van der Waals surface area contributed by atoms with Gasteiger partial charge in [0.1, 0.15) is 24.9 Å². The van der Waals surface area contributed by atoms with Crippen LogP contribution in [0, 0.1) is 6.92 Å². The molecule has 0 fully saturated rings. The summed E-state index contributed by atoms with van der Waals surface area (Å²) in [5.41, 5.74) is 5.26. The Hall–Kier alpha value is -4.20. The quantitative estimate of drug-likeness (QED) is 0.399. The van der Waals surface area contributed by atoms with E-state index in [9.17, 15) is 0 Å². The molecule has 2 N–H and O–H groups in total. The molecule has 0 saturated carbocycles. The van der Waals surface area contributed by atoms with E-state index in [2.05, 4.69) is 45.7 Å². The molecule has 0 aliphatic carbocycles. The van der Waals surface area contributed by atoms with Gasteiger partial charge in [-0.1, -0.05) is 17.7 Å². The molecule has 0 amide bonds. The van der Waals surface area contributed by atoms with Gasteiger partial charge in [0.25, 0.3) is 0 Å². The molecule has 8 heteroatoms. The monoisotopic (exact) mass is 528 g/mol. The van der Waals surface area contributed by atoms with Crippen molar-refractivity contribution < 1.29 is 18.9 Å². The number of nitrogens with zero attached hydrogens (tertiary/aromatic N) is 2. The predicted molar refractivity (Wildman–Crippen MR) is 154 cm³/mol. The first kappa shape index (κ1) is 26.4. The van der Waals surface area contributed by atoms with Crippen LogP contribution < -0.4 is 29.6 Å². The number of rotatable bonds is 10. The van der Waals surface area contributed by atoms with Crippen LogP contribution in [0.25, 0.3) is 0 Å². The number of aryl methyl sites for hydroxylation is 1. The van der Waals surface area contributed by atoms with Crippen molar-refractivity contribution in [3.63, 3.8) is 0 Å². The molecule has 2 aliphatic rings. The van der Waals surface area contributed by atoms with Crippen molar-refractivity contribution in [2.75, 3.05) is 40.4 Å². The van der Waals surface area contributed by atoms with Crippen LogP contribution in [-0.4, -0.2) is 52.1 Å². The molecular formula is C31H36N4O4. The van der Waals surface area contributed by atoms with Gasteiger partial charge in [-0.05, 0) is 73.4 Å². The summed E-state index contributed by atoms with van der Waals surface area (Å²) in [4.78, 5) is 9.15. The van der Waals surface area contributed by atoms with Crippen molar-refractivity contribution in [2.24, 2.45) is 9.98 Å². The van der Waals surface area contributed by atoms with Gasteiger partial charge in [0.15, 0.2) is 23.0 Å². The molecule has 3 aromatic rings. The lowest BCUT2D eigenvalue weighted by atomic mass is 10.1. The van der Waals surface area contributed by atoms with E-state index >= 15 is 0 Å². The molecule has 0 unspecified atom stereocenters. The van der Waals surface area contributed by atoms with Gasteiger partial charge in [0.05, 0.1) is 14.2 Å². The maximum Gasteiger partial charge on any atom is 0.161 e. The second kappa shape index (κ2) is 12.6. The molecule has 39 heavy (non-hydrogen) atoms. The molecule has 0 atom stereocenters. The van der Waals surface area contributed by atoms with Crippen molar-refractivity contribution in [2.45, 2.75) is 33.0 Å². The van der Waals surface area contributed by atoms with Crippen LogP contribution in [0.4, 0.5) is 0 Å². The Morgan fingerprint density at radius 3 is 1.54 bits per heavy atom. The standard InChI is InChI=1S/C31H36N4O4/c1-21-14-22(19-38-26-8-6-24(17-28(26)36-2)30-32-10-4-11-33-30)16-23(15-21)20-39-27-9-7-25(18-29(27)37-3)31-34-12-5-13-35-31/h6-9,14-18H,4-5,10-13,19-20H2,1-3H3,(H,32,33)(H,34,35). The Bertz CT molecular complexity index is 1270. The zero-order valence-corrected chi connectivity index (χ0v) is 22.9. The van der Waals surface area contributed by atoms with Gasteiger partial charge < -0.3 is 29.6 Å². The molecule has 3 aromatic carbocycles. The van der Waals surface area contributed by atoms with Crippen LogP contribution in [0.15, 0.2) is 64.6 Å². The van der Waals surface area contributed by atoms with Crippen LogP contribution in [-0.2, 0) is 13.2 Å². The average molecular weight is 529 g/mol. The zero-order chi connectivity index (χ0) is 27.0. The summed E-state index contributed by atoms with van der Waals surface area (Å²) < 4.78 is 23.6. The number of benzene rings is 3. The number of ether oxygens (including phenoxy) is 4. The normalized spacial score (nSPS) is 14.8. The number of nitrogens with one attached hydrogen (secondary N) is 2. The van der Waals surface area contributed by atoms with E-state index in [-0.39, 0.29) is 0 Å². The number of hydrogen-bond acceptors (Lipinski definition) is 8. The summed E-state index contributed by atoms with van der Waals surface area (Å²) in [6.45, 7) is 6.45. The first-order valence-electron chi connectivity index (χ1n) is 13.4. The van der Waals surface area contributed by atoms with Crippen LogP contribution in [0.1, 0.15) is 40.7 Å². The highest BCUT2D eigenvalue weighted by molar-refractivity contribution is 6.00. The molecule has 2 aliphatic heterocycles. The molecule has 8 nitrogen and oxygen atoms in total. The van der Waals surface area contributed by atoms with Crippen molar-refractivity contribution in [3.8, 4) is 23.0 Å². The SMILES string of the molecule is COc1cc(C2=NCCCN2)ccc1OCc1cc(C)cc(COc2ccc(C3=NCCCN3)cc2OC)c1. The summed E-state index contributed by atoms with van der Waals surface area (Å²) in [7, 11) is 3.31. The average Bonchev–Trinajstić information content (AvgIpc) is 2.99. The lowest BCUT2D eigenvalue weighted by Gasteiger charge is -2.17. The zero-order valence-electron chi connectivity index (χ0n) is 22.9. The third-order valence-corrected chi connectivity index (χ3v) is 6.65. The van der Waals surface area contributed by atoms with E-state index in [1.807, 2.05) is 36.4 Å². The van der Waals surface area contributed by atoms with E-state index in [0.717, 1.165) is 78.5 Å². The fraction of sp³-hybridized carbons (Fsp3) is 0.355. The minimum absolute atomic E-state index is 0.413. The van der Waals surface area contributed by atoms with Crippen LogP contribution in [0.5, 0.6) is 23.0 Å². The summed E-state index contributed by atoms with van der Waals surface area (Å²) in [6.07, 6.45) is 2.11. The first-order chi connectivity index (χ1) is 19.1. The van der Waals surface area contributed by atoms with E-state index < -0.39 is 0 Å². The van der Waals surface area contributed by atoms with Gasteiger partial charge in [-0.3, -0.25) is 9.98 Å². The molecule has 5 rings (SSSR count). The van der Waals surface area contributed by atoms with Crippen molar-refractivity contribution >= 4 is 11.7 Å². The van der Waals surface area contributed by atoms with E-state index in [0.29, 0.717) is 36.2 Å². The molecule has 0 aromatic heterocycles. The Labute approximate surface area is 230 Å². The highest BCUT2D eigenvalue weighted by Crippen LogP contribution is 2.31. The van der Waals surface area contributed by atoms with Gasteiger partial charge in [-0.15, -0.1) is 0 Å². The minimum Gasteiger partial charge on any atom is -0.493 e. The topological polar surface area (TPSA) is 85.7 Å². The van der Waals surface area contributed by atoms with Crippen LogP contribution >= 0.6 is 0 Å². The fourth-order valence-corrected chi connectivity index (χ4v) is 4.76. The van der Waals surface area contributed by atoms with E-state index in [1.54, 1.807) is 14.2 Å². The van der Waals surface area contributed by atoms with Crippen LogP contribution in [0.2, 0.25) is 0 Å². The van der Waals surface area contributed by atoms with Crippen molar-refractivity contribution in [1.29, 1.82) is 0 Å². The van der Waals surface area contributed by atoms with E-state index in [1.165, 1.54) is 0 Å². The minimum atomic E-state index is 0.413. The molecule has 0 saturated heterocycles. The van der Waals surface area contributed by atoms with Gasteiger partial charge in [0.2, 0.25) is 0 Å². The second-order valence-electron chi connectivity index (χ2n) is 9.66. The lowest BCUT2D eigenvalue weighted by Crippen LogP contribution is -2.30. The van der Waals surface area contributed by atoms with Crippen molar-refractivity contribution in [3.05, 3.63) is 82.4 Å². The van der Waals surface area contributed by atoms with Gasteiger partial charge in [0, 0.05) is 37.3 Å². The van der Waals surface area contributed by atoms with Gasteiger partial charge in [-0.2, -0.15) is 0 Å². The van der Waals surface area contributed by atoms with Crippen molar-refractivity contribution in [1.82, 2.24) is 10.6 Å². The highest BCUT2D eigenvalue weighted by atomic mass is 16.5. The molecular weight excluding hydrogens is 492 g/mol. The second-order valence-corrected chi connectivity index (χ2v) is 9.66. The predicted octanol–water partition coefficient (Wildman–Crippen LogP) is 4.65. The lowest BCUT2D eigenvalue weighted by molar-refractivity contribution is 0.279. The molecule has 0 radical (unpaired) electrons. The summed E-state index contributed by atoms with van der Waals surface area (Å²) >= 11 is 0. The Kier molecular flexibility index (Phi) is 8.51. The number of methoxy groups -OCH3 is 2. The summed E-state index contributed by atoms with van der Waals surface area (Å²) in [5.74, 6) is 4.56. The summed E-state index contributed by atoms with van der Waals surface area (Å²) in [6, 6.07) is 18.2. The van der Waals surface area contributed by atoms with E-state index in [4.69, 9.17) is 18.9 Å². The fourth-order valence-electron chi connectivity index (χ4n) is 4.76. The maximum absolute atomic E-state index is 6.17. The number of hydrogen-bond donors (Lipinski definition) is 2. The molecule has 204 valence electrons. The molecule has 0 spiro atoms. The Balaban J connectivity index is 1.25. The van der Waals surface area contributed by atoms with Crippen LogP contribution in [0.3, 0.4) is 0 Å². The third kappa shape index (κ3) is 6.63. The number of amidine groups is 2. The first-order valence-corrected chi connectivity index (χ1v) is 13.4. The molecule has 0 bridgehead atoms. The summed E-state index contributed by atoms with van der Waals surface area (Å²) in [5, 5.41) is 6.70. The Morgan fingerprint density at radius 2 is 1.13 bits per heavy atom. The highest BCUT2D eigenvalue weighted by Gasteiger charge is 2.14. The maximum atomic E-state index is 6.17. The number of aliphatic imine (C=N–C) groups is 2. The smallest absolute Gasteiger partial charge is 0.161 e. The molecule has 2 heterocycles. The Morgan fingerprint density at radius 1 is 0.641 bits per heavy atom. The largest absolute Gasteiger partial charge is 0.493 e. The van der Waals surface area contributed by atoms with Gasteiger partial charge in [-0.25, -0.2) is 0 Å².